The number of nitrogens with zero attached hydrogens (tertiary/aromatic N) is 1. The summed E-state index contributed by atoms with van der Waals surface area (Å²) in [4.78, 5) is 2.13. The molecule has 0 atom stereocenters. The van der Waals surface area contributed by atoms with Crippen molar-refractivity contribution >= 4 is 9.84 Å². The summed E-state index contributed by atoms with van der Waals surface area (Å²) in [6.07, 6.45) is 1.95. The highest BCUT2D eigenvalue weighted by atomic mass is 32.2. The second-order valence-electron chi connectivity index (χ2n) is 4.75. The van der Waals surface area contributed by atoms with Crippen LogP contribution in [0.1, 0.15) is 17.5 Å². The Labute approximate surface area is 110 Å². The van der Waals surface area contributed by atoms with Crippen LogP contribution in [-0.4, -0.2) is 38.9 Å². The van der Waals surface area contributed by atoms with E-state index < -0.39 is 9.84 Å². The average molecular weight is 270 g/mol. The summed E-state index contributed by atoms with van der Waals surface area (Å²) < 4.78 is 22.0. The summed E-state index contributed by atoms with van der Waals surface area (Å²) in [6.45, 7) is 2.14. The van der Waals surface area contributed by atoms with Crippen LogP contribution in [0, 0.1) is 0 Å². The summed E-state index contributed by atoms with van der Waals surface area (Å²) in [5.74, 6) is 0.250. The SMILES string of the molecule is CN(CCCS(C)(=O)=O)Cc1cccc(CN)c1. The summed E-state index contributed by atoms with van der Waals surface area (Å²) >= 11 is 0. The zero-order chi connectivity index (χ0) is 13.6. The first kappa shape index (κ1) is 15.1. The fourth-order valence-electron chi connectivity index (χ4n) is 1.84. The van der Waals surface area contributed by atoms with E-state index >= 15 is 0 Å². The molecule has 4 nitrogen and oxygen atoms in total. The summed E-state index contributed by atoms with van der Waals surface area (Å²) in [5, 5.41) is 0. The van der Waals surface area contributed by atoms with Gasteiger partial charge in [0.25, 0.3) is 0 Å². The highest BCUT2D eigenvalue weighted by Gasteiger charge is 2.05. The van der Waals surface area contributed by atoms with E-state index in [9.17, 15) is 8.42 Å². The Morgan fingerprint density at radius 1 is 1.28 bits per heavy atom. The van der Waals surface area contributed by atoms with Gasteiger partial charge < -0.3 is 10.6 Å². The molecule has 0 aliphatic heterocycles. The number of benzene rings is 1. The summed E-state index contributed by atoms with van der Waals surface area (Å²) in [6, 6.07) is 8.16. The van der Waals surface area contributed by atoms with Crippen molar-refractivity contribution in [2.75, 3.05) is 25.6 Å². The lowest BCUT2D eigenvalue weighted by Crippen LogP contribution is -2.21. The molecule has 1 aromatic rings. The average Bonchev–Trinajstić information content (AvgIpc) is 2.27. The molecule has 0 aromatic heterocycles. The fraction of sp³-hybridized carbons (Fsp3) is 0.538. The third-order valence-electron chi connectivity index (χ3n) is 2.73. The Balaban J connectivity index is 2.41. The first-order chi connectivity index (χ1) is 8.40. The van der Waals surface area contributed by atoms with Crippen molar-refractivity contribution < 1.29 is 8.42 Å². The molecule has 1 rings (SSSR count). The van der Waals surface area contributed by atoms with Crippen LogP contribution in [0.3, 0.4) is 0 Å². The zero-order valence-electron chi connectivity index (χ0n) is 11.1. The second-order valence-corrected chi connectivity index (χ2v) is 7.01. The van der Waals surface area contributed by atoms with Crippen molar-refractivity contribution in [1.29, 1.82) is 0 Å². The Kier molecular flexibility index (Phi) is 5.78. The lowest BCUT2D eigenvalue weighted by molar-refractivity contribution is 0.328. The maximum Gasteiger partial charge on any atom is 0.147 e. The lowest BCUT2D eigenvalue weighted by Gasteiger charge is -2.16. The van der Waals surface area contributed by atoms with Gasteiger partial charge in [0.05, 0.1) is 5.75 Å². The van der Waals surface area contributed by atoms with Gasteiger partial charge in [-0.25, -0.2) is 8.42 Å². The van der Waals surface area contributed by atoms with Crippen LogP contribution in [0.5, 0.6) is 0 Å². The maximum absolute atomic E-state index is 11.0. The van der Waals surface area contributed by atoms with Crippen LogP contribution in [0.4, 0.5) is 0 Å². The first-order valence-corrected chi connectivity index (χ1v) is 8.11. The molecule has 5 heteroatoms. The Bertz CT molecular complexity index is 472. The van der Waals surface area contributed by atoms with Crippen LogP contribution in [0.2, 0.25) is 0 Å². The number of sulfone groups is 1. The van der Waals surface area contributed by atoms with Crippen LogP contribution in [-0.2, 0) is 22.9 Å². The van der Waals surface area contributed by atoms with Gasteiger partial charge in [0, 0.05) is 19.3 Å². The van der Waals surface area contributed by atoms with Crippen molar-refractivity contribution in [2.24, 2.45) is 5.73 Å². The molecule has 0 radical (unpaired) electrons. The van der Waals surface area contributed by atoms with E-state index in [1.165, 1.54) is 11.8 Å². The van der Waals surface area contributed by atoms with Crippen LogP contribution in [0.25, 0.3) is 0 Å². The molecule has 0 saturated carbocycles. The monoisotopic (exact) mass is 270 g/mol. The predicted octanol–water partition coefficient (Wildman–Crippen LogP) is 1.01. The van der Waals surface area contributed by atoms with Crippen LogP contribution >= 0.6 is 0 Å². The minimum atomic E-state index is -2.85. The van der Waals surface area contributed by atoms with Crippen molar-refractivity contribution in [3.05, 3.63) is 35.4 Å². The molecule has 0 amide bonds. The van der Waals surface area contributed by atoms with E-state index in [4.69, 9.17) is 5.73 Å². The Morgan fingerprint density at radius 2 is 1.94 bits per heavy atom. The van der Waals surface area contributed by atoms with Crippen molar-refractivity contribution in [3.8, 4) is 0 Å². The van der Waals surface area contributed by atoms with E-state index in [0.717, 1.165) is 18.7 Å². The standard InChI is InChI=1S/C13H22N2O2S/c1-15(7-4-8-18(2,16)17)11-13-6-3-5-12(9-13)10-14/h3,5-6,9H,4,7-8,10-11,14H2,1-2H3. The topological polar surface area (TPSA) is 63.4 Å². The van der Waals surface area contributed by atoms with E-state index in [-0.39, 0.29) is 5.75 Å². The predicted molar refractivity (Wildman–Crippen MR) is 75.0 cm³/mol. The van der Waals surface area contributed by atoms with Gasteiger partial charge in [-0.2, -0.15) is 0 Å². The molecule has 102 valence electrons. The van der Waals surface area contributed by atoms with E-state index in [2.05, 4.69) is 17.0 Å². The first-order valence-electron chi connectivity index (χ1n) is 6.05. The smallest absolute Gasteiger partial charge is 0.147 e. The highest BCUT2D eigenvalue weighted by Crippen LogP contribution is 2.07. The number of hydrogen-bond acceptors (Lipinski definition) is 4. The highest BCUT2D eigenvalue weighted by molar-refractivity contribution is 7.90. The molecule has 0 aliphatic rings. The second kappa shape index (κ2) is 6.87. The molecule has 0 bridgehead atoms. The van der Waals surface area contributed by atoms with Gasteiger partial charge in [0.15, 0.2) is 0 Å². The normalized spacial score (nSPS) is 12.0. The van der Waals surface area contributed by atoms with Crippen LogP contribution in [0.15, 0.2) is 24.3 Å². The minimum Gasteiger partial charge on any atom is -0.326 e. The van der Waals surface area contributed by atoms with Gasteiger partial charge in [0.1, 0.15) is 9.84 Å². The van der Waals surface area contributed by atoms with Crippen molar-refractivity contribution in [2.45, 2.75) is 19.5 Å². The third-order valence-corrected chi connectivity index (χ3v) is 3.76. The van der Waals surface area contributed by atoms with E-state index in [1.807, 2.05) is 19.2 Å². The van der Waals surface area contributed by atoms with Crippen molar-refractivity contribution in [3.63, 3.8) is 0 Å². The maximum atomic E-state index is 11.0. The largest absolute Gasteiger partial charge is 0.326 e. The van der Waals surface area contributed by atoms with Gasteiger partial charge >= 0.3 is 0 Å². The van der Waals surface area contributed by atoms with Gasteiger partial charge in [-0.05, 0) is 31.1 Å². The molecule has 18 heavy (non-hydrogen) atoms. The van der Waals surface area contributed by atoms with E-state index in [0.29, 0.717) is 13.0 Å². The van der Waals surface area contributed by atoms with Gasteiger partial charge in [-0.3, -0.25) is 0 Å². The molecule has 0 fully saturated rings. The molecule has 0 saturated heterocycles. The molecule has 0 spiro atoms. The fourth-order valence-corrected chi connectivity index (χ4v) is 2.50. The van der Waals surface area contributed by atoms with Crippen LogP contribution < -0.4 is 5.73 Å². The van der Waals surface area contributed by atoms with E-state index in [1.54, 1.807) is 0 Å². The van der Waals surface area contributed by atoms with Crippen molar-refractivity contribution in [1.82, 2.24) is 4.90 Å². The zero-order valence-corrected chi connectivity index (χ0v) is 11.9. The van der Waals surface area contributed by atoms with Gasteiger partial charge in [-0.15, -0.1) is 0 Å². The molecule has 0 heterocycles. The Hall–Kier alpha value is -0.910. The van der Waals surface area contributed by atoms with Gasteiger partial charge in [0.2, 0.25) is 0 Å². The quantitative estimate of drug-likeness (QED) is 0.803. The summed E-state index contributed by atoms with van der Waals surface area (Å²) in [5.41, 5.74) is 7.93. The molecule has 0 unspecified atom stereocenters. The molecule has 2 N–H and O–H groups in total. The number of rotatable bonds is 7. The lowest BCUT2D eigenvalue weighted by atomic mass is 10.1. The summed E-state index contributed by atoms with van der Waals surface area (Å²) in [7, 11) is -0.849. The molecule has 1 aromatic carbocycles. The number of hydrogen-bond donors (Lipinski definition) is 1. The minimum absolute atomic E-state index is 0.250. The van der Waals surface area contributed by atoms with Gasteiger partial charge in [-0.1, -0.05) is 24.3 Å². The number of nitrogens with two attached hydrogens (primary N) is 1. The molecular formula is C13H22N2O2S. The molecule has 0 aliphatic carbocycles. The third kappa shape index (κ3) is 6.14. The molecular weight excluding hydrogens is 248 g/mol. The Morgan fingerprint density at radius 3 is 2.56 bits per heavy atom.